The molecule has 5 nitrogen and oxygen atoms in total. The first-order valence-electron chi connectivity index (χ1n) is 5.29. The Balaban J connectivity index is 2.02. The van der Waals surface area contributed by atoms with Gasteiger partial charge in [-0.25, -0.2) is 0 Å². The Morgan fingerprint density at radius 3 is 2.88 bits per heavy atom. The third kappa shape index (κ3) is 2.37. The van der Waals surface area contributed by atoms with Crippen LogP contribution in [-0.2, 0) is 9.53 Å². The van der Waals surface area contributed by atoms with E-state index in [4.69, 9.17) is 10.5 Å². The maximum Gasteiger partial charge on any atom is 0.244 e. The van der Waals surface area contributed by atoms with E-state index in [9.17, 15) is 4.79 Å². The molecule has 0 aromatic carbocycles. The molecule has 16 heavy (non-hydrogen) atoms. The van der Waals surface area contributed by atoms with E-state index in [1.54, 1.807) is 24.5 Å². The normalized spacial score (nSPS) is 19.1. The number of ether oxygens (including phenoxy) is 1. The monoisotopic (exact) mass is 221 g/mol. The molecule has 0 saturated carbocycles. The van der Waals surface area contributed by atoms with Gasteiger partial charge in [-0.2, -0.15) is 0 Å². The minimum Gasteiger partial charge on any atom is -0.381 e. The second-order valence-electron chi connectivity index (χ2n) is 3.96. The van der Waals surface area contributed by atoms with Crippen LogP contribution in [-0.4, -0.2) is 29.6 Å². The van der Waals surface area contributed by atoms with Crippen molar-refractivity contribution in [3.63, 3.8) is 0 Å². The highest BCUT2D eigenvalue weighted by Gasteiger charge is 2.35. The number of pyridine rings is 1. The van der Waals surface area contributed by atoms with Crippen molar-refractivity contribution in [2.75, 3.05) is 18.5 Å². The summed E-state index contributed by atoms with van der Waals surface area (Å²) in [6.07, 6.45) is 4.36. The molecule has 5 heteroatoms. The molecule has 0 aliphatic carbocycles. The van der Waals surface area contributed by atoms with E-state index in [0.717, 1.165) is 0 Å². The number of aromatic nitrogens is 1. The minimum absolute atomic E-state index is 0.163. The van der Waals surface area contributed by atoms with Crippen molar-refractivity contribution in [3.05, 3.63) is 24.5 Å². The lowest BCUT2D eigenvalue weighted by Crippen LogP contribution is -2.54. The summed E-state index contributed by atoms with van der Waals surface area (Å²) in [4.78, 5) is 15.9. The molecule has 86 valence electrons. The molecular weight excluding hydrogens is 206 g/mol. The highest BCUT2D eigenvalue weighted by Crippen LogP contribution is 2.19. The second kappa shape index (κ2) is 4.59. The van der Waals surface area contributed by atoms with Crippen LogP contribution in [0.4, 0.5) is 5.69 Å². The van der Waals surface area contributed by atoms with Crippen LogP contribution < -0.4 is 11.1 Å². The molecule has 3 N–H and O–H groups in total. The van der Waals surface area contributed by atoms with Gasteiger partial charge in [0.05, 0.1) is 11.9 Å². The number of anilines is 1. The molecule has 1 aromatic rings. The largest absolute Gasteiger partial charge is 0.381 e. The third-order valence-corrected chi connectivity index (χ3v) is 2.76. The summed E-state index contributed by atoms with van der Waals surface area (Å²) in [5, 5.41) is 2.77. The van der Waals surface area contributed by atoms with E-state index in [1.807, 2.05) is 0 Å². The van der Waals surface area contributed by atoms with E-state index in [1.165, 1.54) is 0 Å². The predicted molar refractivity (Wildman–Crippen MR) is 59.8 cm³/mol. The molecule has 1 saturated heterocycles. The standard InChI is InChI=1S/C11H15N3O2/c12-11(3-6-16-7-4-11)10(15)14-9-2-1-5-13-8-9/h1-2,5,8H,3-4,6-7,12H2,(H,14,15). The van der Waals surface area contributed by atoms with E-state index in [0.29, 0.717) is 31.7 Å². The summed E-state index contributed by atoms with van der Waals surface area (Å²) < 4.78 is 5.19. The van der Waals surface area contributed by atoms with Crippen molar-refractivity contribution in [1.29, 1.82) is 0 Å². The van der Waals surface area contributed by atoms with Gasteiger partial charge in [0.2, 0.25) is 5.91 Å². The zero-order chi connectivity index (χ0) is 11.4. The van der Waals surface area contributed by atoms with Crippen molar-refractivity contribution in [1.82, 2.24) is 4.98 Å². The smallest absolute Gasteiger partial charge is 0.244 e. The van der Waals surface area contributed by atoms with Gasteiger partial charge >= 0.3 is 0 Å². The van der Waals surface area contributed by atoms with E-state index >= 15 is 0 Å². The molecule has 1 aliphatic heterocycles. The zero-order valence-electron chi connectivity index (χ0n) is 8.98. The number of nitrogens with zero attached hydrogens (tertiary/aromatic N) is 1. The minimum atomic E-state index is -0.811. The Morgan fingerprint density at radius 1 is 1.50 bits per heavy atom. The maximum atomic E-state index is 12.0. The Morgan fingerprint density at radius 2 is 2.25 bits per heavy atom. The average molecular weight is 221 g/mol. The van der Waals surface area contributed by atoms with Crippen LogP contribution in [0.1, 0.15) is 12.8 Å². The molecule has 0 radical (unpaired) electrons. The van der Waals surface area contributed by atoms with Crippen molar-refractivity contribution in [2.45, 2.75) is 18.4 Å². The highest BCUT2D eigenvalue weighted by molar-refractivity contribution is 5.97. The number of nitrogens with one attached hydrogen (secondary N) is 1. The second-order valence-corrected chi connectivity index (χ2v) is 3.96. The molecule has 1 amide bonds. The summed E-state index contributed by atoms with van der Waals surface area (Å²) in [5.41, 5.74) is 5.90. The quantitative estimate of drug-likeness (QED) is 0.763. The fourth-order valence-electron chi connectivity index (χ4n) is 1.65. The Hall–Kier alpha value is -1.46. The summed E-state index contributed by atoms with van der Waals surface area (Å²) >= 11 is 0. The molecule has 0 bridgehead atoms. The van der Waals surface area contributed by atoms with Gasteiger partial charge in [-0.3, -0.25) is 9.78 Å². The third-order valence-electron chi connectivity index (χ3n) is 2.76. The lowest BCUT2D eigenvalue weighted by molar-refractivity contribution is -0.124. The average Bonchev–Trinajstić information content (AvgIpc) is 2.31. The fourth-order valence-corrected chi connectivity index (χ4v) is 1.65. The van der Waals surface area contributed by atoms with Gasteiger partial charge in [0.25, 0.3) is 0 Å². The van der Waals surface area contributed by atoms with Crippen LogP contribution in [0.15, 0.2) is 24.5 Å². The summed E-state index contributed by atoms with van der Waals surface area (Å²) in [6, 6.07) is 3.55. The molecule has 0 spiro atoms. The van der Waals surface area contributed by atoms with Crippen molar-refractivity contribution >= 4 is 11.6 Å². The van der Waals surface area contributed by atoms with Gasteiger partial charge in [-0.1, -0.05) is 0 Å². The number of rotatable bonds is 2. The lowest BCUT2D eigenvalue weighted by atomic mass is 9.90. The molecule has 1 aromatic heterocycles. The summed E-state index contributed by atoms with van der Waals surface area (Å²) in [7, 11) is 0. The summed E-state index contributed by atoms with van der Waals surface area (Å²) in [6.45, 7) is 1.08. The Bertz CT molecular complexity index is 361. The lowest BCUT2D eigenvalue weighted by Gasteiger charge is -2.31. The van der Waals surface area contributed by atoms with Crippen molar-refractivity contribution in [2.24, 2.45) is 5.73 Å². The van der Waals surface area contributed by atoms with Crippen LogP contribution in [0.25, 0.3) is 0 Å². The predicted octanol–water partition coefficient (Wildman–Crippen LogP) is 0.528. The van der Waals surface area contributed by atoms with E-state index in [2.05, 4.69) is 10.3 Å². The van der Waals surface area contributed by atoms with Crippen molar-refractivity contribution < 1.29 is 9.53 Å². The summed E-state index contributed by atoms with van der Waals surface area (Å²) in [5.74, 6) is -0.163. The maximum absolute atomic E-state index is 12.0. The number of hydrogen-bond donors (Lipinski definition) is 2. The van der Waals surface area contributed by atoms with Crippen LogP contribution in [0.5, 0.6) is 0 Å². The number of hydrogen-bond acceptors (Lipinski definition) is 4. The van der Waals surface area contributed by atoms with Crippen LogP contribution in [0.3, 0.4) is 0 Å². The fraction of sp³-hybridized carbons (Fsp3) is 0.455. The van der Waals surface area contributed by atoms with Crippen LogP contribution >= 0.6 is 0 Å². The molecular formula is C11H15N3O2. The van der Waals surface area contributed by atoms with Crippen molar-refractivity contribution in [3.8, 4) is 0 Å². The van der Waals surface area contributed by atoms with Gasteiger partial charge in [-0.05, 0) is 25.0 Å². The number of amides is 1. The van der Waals surface area contributed by atoms with Gasteiger partial charge in [0.1, 0.15) is 5.54 Å². The van der Waals surface area contributed by atoms with Gasteiger partial charge < -0.3 is 15.8 Å². The SMILES string of the molecule is NC1(C(=O)Nc2cccnc2)CCOCC1. The first-order valence-corrected chi connectivity index (χ1v) is 5.29. The molecule has 1 fully saturated rings. The topological polar surface area (TPSA) is 77.2 Å². The highest BCUT2D eigenvalue weighted by atomic mass is 16.5. The molecule has 0 unspecified atom stereocenters. The van der Waals surface area contributed by atoms with Gasteiger partial charge in [0.15, 0.2) is 0 Å². The molecule has 2 heterocycles. The Kier molecular flexibility index (Phi) is 3.17. The van der Waals surface area contributed by atoms with Crippen LogP contribution in [0, 0.1) is 0 Å². The van der Waals surface area contributed by atoms with Crippen LogP contribution in [0.2, 0.25) is 0 Å². The molecule has 0 atom stereocenters. The first-order chi connectivity index (χ1) is 7.71. The van der Waals surface area contributed by atoms with E-state index in [-0.39, 0.29) is 5.91 Å². The molecule has 1 aliphatic rings. The number of nitrogens with two attached hydrogens (primary N) is 1. The molecule has 2 rings (SSSR count). The first kappa shape index (κ1) is 11.0. The number of carbonyl (C=O) groups excluding carboxylic acids is 1. The Labute approximate surface area is 94.0 Å². The zero-order valence-corrected chi connectivity index (χ0v) is 8.98. The van der Waals surface area contributed by atoms with E-state index < -0.39 is 5.54 Å². The number of carbonyl (C=O) groups is 1. The van der Waals surface area contributed by atoms with Gasteiger partial charge in [0, 0.05) is 19.4 Å². The van der Waals surface area contributed by atoms with Gasteiger partial charge in [-0.15, -0.1) is 0 Å².